The molecule has 4 nitrogen and oxygen atoms in total. The monoisotopic (exact) mass is 337 g/mol. The van der Waals surface area contributed by atoms with Gasteiger partial charge in [0.25, 0.3) is 0 Å². The fourth-order valence-electron chi connectivity index (χ4n) is 3.37. The molecule has 0 aliphatic carbocycles. The lowest BCUT2D eigenvalue weighted by Crippen LogP contribution is -2.28. The maximum atomic E-state index is 9.13. The molecule has 3 rings (SSSR count). The van der Waals surface area contributed by atoms with E-state index in [1.165, 1.54) is 21.9 Å². The van der Waals surface area contributed by atoms with Gasteiger partial charge in [0.2, 0.25) is 0 Å². The Hall–Kier alpha value is -2.17. The van der Waals surface area contributed by atoms with Crippen LogP contribution in [0.4, 0.5) is 0 Å². The lowest BCUT2D eigenvalue weighted by molar-refractivity contribution is 0.267. The first-order valence-electron chi connectivity index (χ1n) is 8.93. The first kappa shape index (κ1) is 17.6. The molecule has 1 aromatic heterocycles. The van der Waals surface area contributed by atoms with Crippen LogP contribution in [-0.2, 0) is 19.5 Å². The van der Waals surface area contributed by atoms with Crippen molar-refractivity contribution in [2.75, 3.05) is 6.61 Å². The number of nitrogens with zero attached hydrogens (tertiary/aromatic N) is 2. The van der Waals surface area contributed by atoms with E-state index in [0.717, 1.165) is 24.4 Å². The molecule has 1 heterocycles. The van der Waals surface area contributed by atoms with E-state index in [0.29, 0.717) is 12.6 Å². The Morgan fingerprint density at radius 1 is 1.12 bits per heavy atom. The molecule has 0 aliphatic rings. The number of fused-ring (bicyclic) bond motifs is 1. The Labute approximate surface area is 149 Å². The molecule has 2 aromatic carbocycles. The van der Waals surface area contributed by atoms with Gasteiger partial charge in [-0.05, 0) is 43.5 Å². The number of aliphatic hydroxyl groups is 1. The van der Waals surface area contributed by atoms with Crippen molar-refractivity contribution in [1.82, 2.24) is 15.1 Å². The Kier molecular flexibility index (Phi) is 5.51. The van der Waals surface area contributed by atoms with Crippen molar-refractivity contribution in [2.45, 2.75) is 46.3 Å². The number of benzene rings is 2. The average molecular weight is 337 g/mol. The van der Waals surface area contributed by atoms with Crippen molar-refractivity contribution in [3.63, 3.8) is 0 Å². The minimum Gasteiger partial charge on any atom is -0.394 e. The Morgan fingerprint density at radius 2 is 1.88 bits per heavy atom. The minimum absolute atomic E-state index is 0.118. The highest BCUT2D eigenvalue weighted by atomic mass is 16.3. The van der Waals surface area contributed by atoms with Gasteiger partial charge in [-0.15, -0.1) is 0 Å². The Morgan fingerprint density at radius 3 is 2.64 bits per heavy atom. The fraction of sp³-hybridized carbons (Fsp3) is 0.381. The predicted octanol–water partition coefficient (Wildman–Crippen LogP) is 3.37. The number of aryl methyl sites for hydroxylation is 1. The van der Waals surface area contributed by atoms with Gasteiger partial charge in [-0.25, -0.2) is 0 Å². The van der Waals surface area contributed by atoms with Crippen molar-refractivity contribution in [3.05, 3.63) is 65.0 Å². The summed E-state index contributed by atoms with van der Waals surface area (Å²) >= 11 is 0. The van der Waals surface area contributed by atoms with Gasteiger partial charge in [-0.2, -0.15) is 5.10 Å². The second-order valence-electron chi connectivity index (χ2n) is 6.76. The normalized spacial score (nSPS) is 12.6. The molecule has 2 N–H and O–H groups in total. The molecular weight excluding hydrogens is 310 g/mol. The van der Waals surface area contributed by atoms with Gasteiger partial charge >= 0.3 is 0 Å². The van der Waals surface area contributed by atoms with Gasteiger partial charge in [0.1, 0.15) is 0 Å². The van der Waals surface area contributed by atoms with Crippen LogP contribution in [0.1, 0.15) is 29.4 Å². The summed E-state index contributed by atoms with van der Waals surface area (Å²) in [6.45, 7) is 7.80. The van der Waals surface area contributed by atoms with Crippen LogP contribution in [0.25, 0.3) is 10.8 Å². The van der Waals surface area contributed by atoms with Gasteiger partial charge in [0.15, 0.2) is 0 Å². The number of rotatable bonds is 7. The summed E-state index contributed by atoms with van der Waals surface area (Å²) in [7, 11) is 0. The maximum absolute atomic E-state index is 9.13. The highest BCUT2D eigenvalue weighted by Crippen LogP contribution is 2.17. The highest BCUT2D eigenvalue weighted by Gasteiger charge is 2.12. The Bertz CT molecular complexity index is 853. The van der Waals surface area contributed by atoms with Crippen molar-refractivity contribution < 1.29 is 5.11 Å². The number of hydrogen-bond donors (Lipinski definition) is 2. The van der Waals surface area contributed by atoms with Crippen molar-refractivity contribution in [1.29, 1.82) is 0 Å². The van der Waals surface area contributed by atoms with Gasteiger partial charge < -0.3 is 10.4 Å². The molecule has 0 amide bonds. The third-order valence-electron chi connectivity index (χ3n) is 4.83. The molecule has 1 atom stereocenters. The van der Waals surface area contributed by atoms with E-state index < -0.39 is 0 Å². The molecule has 25 heavy (non-hydrogen) atoms. The highest BCUT2D eigenvalue weighted by molar-refractivity contribution is 5.82. The molecule has 0 fully saturated rings. The van der Waals surface area contributed by atoms with Crippen LogP contribution < -0.4 is 5.32 Å². The third-order valence-corrected chi connectivity index (χ3v) is 4.83. The van der Waals surface area contributed by atoms with Crippen LogP contribution in [-0.4, -0.2) is 27.5 Å². The second kappa shape index (κ2) is 7.81. The van der Waals surface area contributed by atoms with Crippen molar-refractivity contribution in [3.8, 4) is 0 Å². The number of aromatic nitrogens is 2. The molecule has 0 spiro atoms. The van der Waals surface area contributed by atoms with Crippen molar-refractivity contribution in [2.24, 2.45) is 0 Å². The number of hydrogen-bond acceptors (Lipinski definition) is 3. The molecule has 0 saturated heterocycles. The Balaban J connectivity index is 1.63. The predicted molar refractivity (Wildman–Crippen MR) is 103 cm³/mol. The molecule has 0 aliphatic heterocycles. The molecule has 3 aromatic rings. The zero-order chi connectivity index (χ0) is 17.8. The molecule has 132 valence electrons. The second-order valence-corrected chi connectivity index (χ2v) is 6.76. The first-order valence-corrected chi connectivity index (χ1v) is 8.93. The summed E-state index contributed by atoms with van der Waals surface area (Å²) in [6, 6.07) is 15.6. The van der Waals surface area contributed by atoms with Crippen LogP contribution in [0.15, 0.2) is 42.5 Å². The summed E-state index contributed by atoms with van der Waals surface area (Å²) in [5.41, 5.74) is 4.76. The van der Waals surface area contributed by atoms with E-state index in [1.54, 1.807) is 0 Å². The van der Waals surface area contributed by atoms with Gasteiger partial charge in [-0.3, -0.25) is 4.68 Å². The third kappa shape index (κ3) is 4.09. The smallest absolute Gasteiger partial charge is 0.0644 e. The number of nitrogens with one attached hydrogen (secondary N) is 1. The first-order chi connectivity index (χ1) is 12.1. The SMILES string of the molecule is Cc1nn(CCO)c(C)c1CNC(C)Cc1ccc2ccccc2c1. The fourth-order valence-corrected chi connectivity index (χ4v) is 3.37. The van der Waals surface area contributed by atoms with E-state index in [-0.39, 0.29) is 6.61 Å². The molecule has 0 saturated carbocycles. The van der Waals surface area contributed by atoms with Crippen LogP contribution in [0, 0.1) is 13.8 Å². The van der Waals surface area contributed by atoms with Crippen LogP contribution >= 0.6 is 0 Å². The summed E-state index contributed by atoms with van der Waals surface area (Å²) in [6.07, 6.45) is 0.994. The lowest BCUT2D eigenvalue weighted by atomic mass is 10.0. The maximum Gasteiger partial charge on any atom is 0.0644 e. The van der Waals surface area contributed by atoms with Gasteiger partial charge in [0, 0.05) is 23.8 Å². The zero-order valence-corrected chi connectivity index (χ0v) is 15.3. The van der Waals surface area contributed by atoms with E-state index in [9.17, 15) is 0 Å². The quantitative estimate of drug-likeness (QED) is 0.695. The van der Waals surface area contributed by atoms with Crippen LogP contribution in [0.5, 0.6) is 0 Å². The summed E-state index contributed by atoms with van der Waals surface area (Å²) in [5, 5.41) is 19.8. The molecule has 4 heteroatoms. The van der Waals surface area contributed by atoms with E-state index >= 15 is 0 Å². The van der Waals surface area contributed by atoms with E-state index in [2.05, 4.69) is 66.7 Å². The largest absolute Gasteiger partial charge is 0.394 e. The van der Waals surface area contributed by atoms with Gasteiger partial charge in [0.05, 0.1) is 18.8 Å². The summed E-state index contributed by atoms with van der Waals surface area (Å²) in [4.78, 5) is 0. The lowest BCUT2D eigenvalue weighted by Gasteiger charge is -2.15. The minimum atomic E-state index is 0.118. The molecule has 0 radical (unpaired) electrons. The molecule has 1 unspecified atom stereocenters. The standard InChI is InChI=1S/C21H27N3O/c1-15(12-18-8-9-19-6-4-5-7-20(19)13-18)22-14-21-16(2)23-24(10-11-25)17(21)3/h4-9,13,15,22,25H,10-12,14H2,1-3H3. The topological polar surface area (TPSA) is 50.1 Å². The van der Waals surface area contributed by atoms with Crippen LogP contribution in [0.3, 0.4) is 0 Å². The van der Waals surface area contributed by atoms with E-state index in [4.69, 9.17) is 5.11 Å². The average Bonchev–Trinajstić information content (AvgIpc) is 2.87. The van der Waals surface area contributed by atoms with E-state index in [1.807, 2.05) is 11.6 Å². The molecular formula is C21H27N3O. The summed E-state index contributed by atoms with van der Waals surface area (Å²) in [5.74, 6) is 0. The summed E-state index contributed by atoms with van der Waals surface area (Å²) < 4.78 is 1.89. The van der Waals surface area contributed by atoms with Gasteiger partial charge in [-0.1, -0.05) is 42.5 Å². The number of aliphatic hydroxyl groups excluding tert-OH is 1. The molecule has 0 bridgehead atoms. The zero-order valence-electron chi connectivity index (χ0n) is 15.3. The van der Waals surface area contributed by atoms with Crippen molar-refractivity contribution >= 4 is 10.8 Å². The van der Waals surface area contributed by atoms with Crippen LogP contribution in [0.2, 0.25) is 0 Å².